The van der Waals surface area contributed by atoms with Crippen molar-refractivity contribution in [1.29, 1.82) is 0 Å². The number of halogens is 1. The summed E-state index contributed by atoms with van der Waals surface area (Å²) in [6.45, 7) is 0. The summed E-state index contributed by atoms with van der Waals surface area (Å²) in [6, 6.07) is 4.10. The Bertz CT molecular complexity index is 478. The monoisotopic (exact) mass is 281 g/mol. The molecule has 1 fully saturated rings. The van der Waals surface area contributed by atoms with Crippen LogP contribution in [-0.4, -0.2) is 32.3 Å². The number of esters is 1. The molecular weight excluding hydrogens is 261 g/mol. The van der Waals surface area contributed by atoms with Crippen LogP contribution in [-0.2, 0) is 9.47 Å². The lowest BCUT2D eigenvalue weighted by atomic mass is 9.92. The van der Waals surface area contributed by atoms with Crippen LogP contribution in [0, 0.1) is 5.82 Å². The molecule has 0 aromatic heterocycles. The van der Waals surface area contributed by atoms with E-state index >= 15 is 0 Å². The van der Waals surface area contributed by atoms with Crippen LogP contribution in [0.25, 0.3) is 0 Å². The molecule has 0 amide bonds. The van der Waals surface area contributed by atoms with E-state index < -0.39 is 5.97 Å². The van der Waals surface area contributed by atoms with Gasteiger partial charge in [-0.3, -0.25) is 0 Å². The number of methoxy groups -OCH3 is 2. The quantitative estimate of drug-likeness (QED) is 0.862. The summed E-state index contributed by atoms with van der Waals surface area (Å²) >= 11 is 0. The summed E-state index contributed by atoms with van der Waals surface area (Å²) < 4.78 is 23.6. The second-order valence-electron chi connectivity index (χ2n) is 4.99. The molecule has 1 aliphatic rings. The minimum absolute atomic E-state index is 0.0810. The van der Waals surface area contributed by atoms with Gasteiger partial charge in [0, 0.05) is 7.11 Å². The molecule has 0 spiro atoms. The first-order chi connectivity index (χ1) is 9.65. The third-order valence-corrected chi connectivity index (χ3v) is 3.73. The van der Waals surface area contributed by atoms with E-state index in [2.05, 4.69) is 5.32 Å². The van der Waals surface area contributed by atoms with Crippen LogP contribution in [0.2, 0.25) is 0 Å². The fourth-order valence-corrected chi connectivity index (χ4v) is 2.67. The van der Waals surface area contributed by atoms with Crippen LogP contribution >= 0.6 is 0 Å². The lowest BCUT2D eigenvalue weighted by Gasteiger charge is -2.32. The molecule has 1 aromatic rings. The zero-order chi connectivity index (χ0) is 14.5. The van der Waals surface area contributed by atoms with Gasteiger partial charge in [0.1, 0.15) is 5.82 Å². The van der Waals surface area contributed by atoms with Crippen molar-refractivity contribution in [2.24, 2.45) is 0 Å². The Morgan fingerprint density at radius 3 is 2.75 bits per heavy atom. The molecule has 110 valence electrons. The second-order valence-corrected chi connectivity index (χ2v) is 4.99. The maximum atomic E-state index is 13.4. The standard InChI is InChI=1S/C15H20FNO3/c1-19-14-6-4-3-5-12(14)17-13-9-10(16)7-8-11(13)15(18)20-2/h7-9,12,14,17H,3-6H2,1-2H3. The third kappa shape index (κ3) is 3.28. The molecule has 5 heteroatoms. The van der Waals surface area contributed by atoms with Gasteiger partial charge in [0.25, 0.3) is 0 Å². The molecule has 1 aliphatic carbocycles. The Hall–Kier alpha value is -1.62. The molecule has 0 bridgehead atoms. The van der Waals surface area contributed by atoms with E-state index in [4.69, 9.17) is 9.47 Å². The van der Waals surface area contributed by atoms with Gasteiger partial charge >= 0.3 is 5.97 Å². The summed E-state index contributed by atoms with van der Waals surface area (Å²) in [5.41, 5.74) is 0.806. The normalized spacial score (nSPS) is 22.4. The Balaban J connectivity index is 2.22. The Morgan fingerprint density at radius 2 is 2.05 bits per heavy atom. The molecule has 0 heterocycles. The summed E-state index contributed by atoms with van der Waals surface area (Å²) in [4.78, 5) is 11.7. The number of carbonyl (C=O) groups excluding carboxylic acids is 1. The van der Waals surface area contributed by atoms with Gasteiger partial charge in [-0.2, -0.15) is 0 Å². The highest BCUT2D eigenvalue weighted by Gasteiger charge is 2.26. The summed E-state index contributed by atoms with van der Waals surface area (Å²) in [5, 5.41) is 3.24. The largest absolute Gasteiger partial charge is 0.465 e. The van der Waals surface area contributed by atoms with Gasteiger partial charge in [0.15, 0.2) is 0 Å². The smallest absolute Gasteiger partial charge is 0.339 e. The van der Waals surface area contributed by atoms with E-state index in [1.165, 1.54) is 25.3 Å². The zero-order valence-corrected chi connectivity index (χ0v) is 11.8. The van der Waals surface area contributed by atoms with Crippen LogP contribution in [0.4, 0.5) is 10.1 Å². The van der Waals surface area contributed by atoms with Crippen molar-refractivity contribution < 1.29 is 18.7 Å². The van der Waals surface area contributed by atoms with Gasteiger partial charge in [0.05, 0.1) is 30.5 Å². The summed E-state index contributed by atoms with van der Waals surface area (Å²) in [7, 11) is 2.99. The highest BCUT2D eigenvalue weighted by atomic mass is 19.1. The first-order valence-corrected chi connectivity index (χ1v) is 6.83. The molecule has 0 aliphatic heterocycles. The van der Waals surface area contributed by atoms with Crippen LogP contribution in [0.1, 0.15) is 36.0 Å². The molecule has 1 saturated carbocycles. The van der Waals surface area contributed by atoms with Crippen LogP contribution in [0.5, 0.6) is 0 Å². The van der Waals surface area contributed by atoms with Crippen molar-refractivity contribution in [3.63, 3.8) is 0 Å². The van der Waals surface area contributed by atoms with E-state index in [9.17, 15) is 9.18 Å². The summed E-state index contributed by atoms with van der Waals surface area (Å²) in [6.07, 6.45) is 4.22. The van der Waals surface area contributed by atoms with Gasteiger partial charge in [-0.1, -0.05) is 12.8 Å². The molecular formula is C15H20FNO3. The van der Waals surface area contributed by atoms with Crippen molar-refractivity contribution in [3.8, 4) is 0 Å². The third-order valence-electron chi connectivity index (χ3n) is 3.73. The first kappa shape index (κ1) is 14.8. The predicted octanol–water partition coefficient (Wildman–Crippen LogP) is 2.98. The topological polar surface area (TPSA) is 47.6 Å². The summed E-state index contributed by atoms with van der Waals surface area (Å²) in [5.74, 6) is -0.859. The minimum atomic E-state index is -0.475. The van der Waals surface area contributed by atoms with E-state index in [0.29, 0.717) is 11.3 Å². The Kier molecular flexibility index (Phi) is 4.95. The molecule has 4 nitrogen and oxygen atoms in total. The van der Waals surface area contributed by atoms with Crippen molar-refractivity contribution in [2.45, 2.75) is 37.8 Å². The minimum Gasteiger partial charge on any atom is -0.465 e. The number of hydrogen-bond donors (Lipinski definition) is 1. The van der Waals surface area contributed by atoms with Crippen LogP contribution < -0.4 is 5.32 Å². The maximum absolute atomic E-state index is 13.4. The van der Waals surface area contributed by atoms with E-state index in [1.54, 1.807) is 7.11 Å². The number of rotatable bonds is 4. The van der Waals surface area contributed by atoms with Crippen LogP contribution in [0.3, 0.4) is 0 Å². The van der Waals surface area contributed by atoms with Gasteiger partial charge in [0.2, 0.25) is 0 Å². The van der Waals surface area contributed by atoms with Crippen molar-refractivity contribution >= 4 is 11.7 Å². The first-order valence-electron chi connectivity index (χ1n) is 6.83. The molecule has 2 rings (SSSR count). The number of anilines is 1. The van der Waals surface area contributed by atoms with Crippen LogP contribution in [0.15, 0.2) is 18.2 Å². The van der Waals surface area contributed by atoms with Gasteiger partial charge < -0.3 is 14.8 Å². The van der Waals surface area contributed by atoms with Crippen molar-refractivity contribution in [3.05, 3.63) is 29.6 Å². The van der Waals surface area contributed by atoms with Crippen molar-refractivity contribution in [1.82, 2.24) is 0 Å². The molecule has 20 heavy (non-hydrogen) atoms. The number of ether oxygens (including phenoxy) is 2. The van der Waals surface area contributed by atoms with E-state index in [1.807, 2.05) is 0 Å². The Morgan fingerprint density at radius 1 is 1.30 bits per heavy atom. The van der Waals surface area contributed by atoms with E-state index in [-0.39, 0.29) is 18.0 Å². The van der Waals surface area contributed by atoms with Crippen molar-refractivity contribution in [2.75, 3.05) is 19.5 Å². The SMILES string of the molecule is COC(=O)c1ccc(F)cc1NC1CCCCC1OC. The number of hydrogen-bond acceptors (Lipinski definition) is 4. The fourth-order valence-electron chi connectivity index (χ4n) is 2.67. The molecule has 1 aromatic carbocycles. The molecule has 2 unspecified atom stereocenters. The number of nitrogens with one attached hydrogen (secondary N) is 1. The number of carbonyl (C=O) groups is 1. The highest BCUT2D eigenvalue weighted by Crippen LogP contribution is 2.26. The van der Waals surface area contributed by atoms with Gasteiger partial charge in [-0.25, -0.2) is 9.18 Å². The van der Waals surface area contributed by atoms with E-state index in [0.717, 1.165) is 25.7 Å². The molecule has 0 saturated heterocycles. The zero-order valence-electron chi connectivity index (χ0n) is 11.8. The average molecular weight is 281 g/mol. The Labute approximate surface area is 118 Å². The molecule has 2 atom stereocenters. The fraction of sp³-hybridized carbons (Fsp3) is 0.533. The maximum Gasteiger partial charge on any atom is 0.339 e. The average Bonchev–Trinajstić information content (AvgIpc) is 2.47. The number of benzene rings is 1. The predicted molar refractivity (Wildman–Crippen MR) is 74.4 cm³/mol. The molecule has 0 radical (unpaired) electrons. The van der Waals surface area contributed by atoms with Gasteiger partial charge in [-0.15, -0.1) is 0 Å². The van der Waals surface area contributed by atoms with Gasteiger partial charge in [-0.05, 0) is 31.0 Å². The highest BCUT2D eigenvalue weighted by molar-refractivity contribution is 5.95. The lowest BCUT2D eigenvalue weighted by Crippen LogP contribution is -2.38. The molecule has 1 N–H and O–H groups in total. The lowest BCUT2D eigenvalue weighted by molar-refractivity contribution is 0.0586. The second kappa shape index (κ2) is 6.70.